The lowest BCUT2D eigenvalue weighted by Gasteiger charge is -2.07. The molecule has 0 saturated carbocycles. The van der Waals surface area contributed by atoms with E-state index in [1.807, 2.05) is 13.8 Å². The van der Waals surface area contributed by atoms with Gasteiger partial charge in [-0.3, -0.25) is 0 Å². The zero-order valence-electron chi connectivity index (χ0n) is 6.23. The van der Waals surface area contributed by atoms with Crippen LogP contribution in [0.25, 0.3) is 0 Å². The van der Waals surface area contributed by atoms with E-state index in [1.54, 1.807) is 0 Å². The van der Waals surface area contributed by atoms with Crippen molar-refractivity contribution in [2.24, 2.45) is 0 Å². The topological polar surface area (TPSA) is 0 Å². The van der Waals surface area contributed by atoms with Crippen molar-refractivity contribution >= 4 is 22.6 Å². The molecule has 0 spiro atoms. The van der Waals surface area contributed by atoms with Crippen molar-refractivity contribution in [3.8, 4) is 0 Å². The number of hydrogen-bond donors (Lipinski definition) is 0. The summed E-state index contributed by atoms with van der Waals surface area (Å²) in [4.78, 5) is 0. The second-order valence-corrected chi connectivity index (χ2v) is 3.64. The van der Waals surface area contributed by atoms with Gasteiger partial charge in [-0.05, 0) is 19.3 Å². The van der Waals surface area contributed by atoms with Crippen molar-refractivity contribution in [2.75, 3.05) is 0 Å². The van der Waals surface area contributed by atoms with Crippen LogP contribution in [0.1, 0.15) is 33.1 Å². The molecule has 0 heterocycles. The van der Waals surface area contributed by atoms with Crippen LogP contribution in [0, 0.1) is 0 Å². The van der Waals surface area contributed by atoms with Crippen molar-refractivity contribution in [3.05, 3.63) is 12.2 Å². The quantitative estimate of drug-likeness (QED) is 0.344. The van der Waals surface area contributed by atoms with Crippen LogP contribution < -0.4 is 0 Å². The van der Waals surface area contributed by atoms with E-state index in [-0.39, 0.29) is 0 Å². The van der Waals surface area contributed by atoms with Crippen LogP contribution in [0.4, 0.5) is 0 Å². The van der Waals surface area contributed by atoms with Crippen molar-refractivity contribution in [1.29, 1.82) is 0 Å². The standard InChI is InChI=1S/C6H9I.C2H6/c7-6-4-2-1-3-5-6;1-2/h1-2,6H,3-5H2;1-2H3. The Kier molecular flexibility index (Phi) is 6.93. The first-order valence-corrected chi connectivity index (χ1v) is 4.93. The third-order valence-corrected chi connectivity index (χ3v) is 2.34. The highest BCUT2D eigenvalue weighted by molar-refractivity contribution is 14.1. The van der Waals surface area contributed by atoms with E-state index < -0.39 is 0 Å². The number of alkyl halides is 1. The zero-order chi connectivity index (χ0) is 7.11. The minimum Gasteiger partial charge on any atom is -0.0885 e. The summed E-state index contributed by atoms with van der Waals surface area (Å²) in [7, 11) is 0. The van der Waals surface area contributed by atoms with E-state index in [4.69, 9.17) is 0 Å². The molecule has 1 aliphatic rings. The van der Waals surface area contributed by atoms with Crippen LogP contribution in [0.5, 0.6) is 0 Å². The molecule has 1 heteroatoms. The molecule has 0 aromatic heterocycles. The Morgan fingerprint density at radius 2 is 2.00 bits per heavy atom. The van der Waals surface area contributed by atoms with Gasteiger partial charge in [-0.2, -0.15) is 0 Å². The predicted molar refractivity (Wildman–Crippen MR) is 52.1 cm³/mol. The SMILES string of the molecule is CC.IC1CC=CCC1. The maximum Gasteiger partial charge on any atom is 0.0147 e. The maximum absolute atomic E-state index is 2.51. The van der Waals surface area contributed by atoms with Gasteiger partial charge in [0, 0.05) is 3.92 Å². The molecule has 0 aromatic carbocycles. The van der Waals surface area contributed by atoms with E-state index in [0.29, 0.717) is 0 Å². The van der Waals surface area contributed by atoms with Gasteiger partial charge in [-0.15, -0.1) is 0 Å². The van der Waals surface area contributed by atoms with Crippen molar-refractivity contribution in [3.63, 3.8) is 0 Å². The molecule has 1 atom stereocenters. The normalized spacial score (nSPS) is 24.6. The third-order valence-electron chi connectivity index (χ3n) is 1.21. The van der Waals surface area contributed by atoms with Crippen LogP contribution in [-0.2, 0) is 0 Å². The van der Waals surface area contributed by atoms with Gasteiger partial charge in [0.05, 0.1) is 0 Å². The molecule has 1 unspecified atom stereocenters. The second kappa shape index (κ2) is 6.59. The predicted octanol–water partition coefficient (Wildman–Crippen LogP) is 3.56. The lowest BCUT2D eigenvalue weighted by Crippen LogP contribution is -1.97. The summed E-state index contributed by atoms with van der Waals surface area (Å²) < 4.78 is 0.919. The average molecular weight is 238 g/mol. The lowest BCUT2D eigenvalue weighted by atomic mass is 10.1. The molecule has 0 bridgehead atoms. The van der Waals surface area contributed by atoms with Gasteiger partial charge >= 0.3 is 0 Å². The van der Waals surface area contributed by atoms with Crippen LogP contribution in [0.3, 0.4) is 0 Å². The Bertz CT molecular complexity index is 76.6. The Labute approximate surface area is 71.9 Å². The molecule has 0 nitrogen and oxygen atoms in total. The smallest absolute Gasteiger partial charge is 0.0147 e. The molecule has 0 aromatic rings. The fraction of sp³-hybridized carbons (Fsp3) is 0.750. The van der Waals surface area contributed by atoms with Crippen LogP contribution in [0.2, 0.25) is 0 Å². The van der Waals surface area contributed by atoms with E-state index in [0.717, 1.165) is 3.92 Å². The fourth-order valence-electron chi connectivity index (χ4n) is 0.757. The van der Waals surface area contributed by atoms with Gasteiger partial charge in [0.15, 0.2) is 0 Å². The highest BCUT2D eigenvalue weighted by Crippen LogP contribution is 2.17. The largest absolute Gasteiger partial charge is 0.0885 e. The van der Waals surface area contributed by atoms with Crippen LogP contribution >= 0.6 is 22.6 Å². The number of halogens is 1. The molecule has 0 aliphatic heterocycles. The molecule has 0 saturated heterocycles. The summed E-state index contributed by atoms with van der Waals surface area (Å²) in [5, 5.41) is 0. The molecular formula is C8H15I. The number of allylic oxidation sites excluding steroid dienone is 2. The molecule has 1 rings (SSSR count). The van der Waals surface area contributed by atoms with Crippen LogP contribution in [-0.4, -0.2) is 3.92 Å². The lowest BCUT2D eigenvalue weighted by molar-refractivity contribution is 0.772. The summed E-state index contributed by atoms with van der Waals surface area (Å²) in [5.74, 6) is 0. The molecule has 0 radical (unpaired) electrons. The van der Waals surface area contributed by atoms with Crippen LogP contribution in [0.15, 0.2) is 12.2 Å². The van der Waals surface area contributed by atoms with Crippen molar-refractivity contribution in [2.45, 2.75) is 37.0 Å². The summed E-state index contributed by atoms with van der Waals surface area (Å²) in [5.41, 5.74) is 0. The summed E-state index contributed by atoms with van der Waals surface area (Å²) in [6, 6.07) is 0. The second-order valence-electron chi connectivity index (χ2n) is 1.88. The van der Waals surface area contributed by atoms with Gasteiger partial charge in [0.25, 0.3) is 0 Å². The molecule has 0 amide bonds. The van der Waals surface area contributed by atoms with E-state index in [1.165, 1.54) is 19.3 Å². The molecular weight excluding hydrogens is 223 g/mol. The average Bonchev–Trinajstić information content (AvgIpc) is 1.94. The van der Waals surface area contributed by atoms with Gasteiger partial charge in [-0.1, -0.05) is 48.6 Å². The summed E-state index contributed by atoms with van der Waals surface area (Å²) >= 11 is 2.51. The van der Waals surface area contributed by atoms with Crippen molar-refractivity contribution in [1.82, 2.24) is 0 Å². The Morgan fingerprint density at radius 1 is 1.33 bits per heavy atom. The molecule has 1 aliphatic carbocycles. The van der Waals surface area contributed by atoms with E-state index in [9.17, 15) is 0 Å². The molecule has 0 N–H and O–H groups in total. The Balaban J connectivity index is 0.000000291. The van der Waals surface area contributed by atoms with Gasteiger partial charge in [0.2, 0.25) is 0 Å². The van der Waals surface area contributed by atoms with E-state index >= 15 is 0 Å². The van der Waals surface area contributed by atoms with Gasteiger partial charge in [-0.25, -0.2) is 0 Å². The van der Waals surface area contributed by atoms with Crippen molar-refractivity contribution < 1.29 is 0 Å². The molecule has 54 valence electrons. The Morgan fingerprint density at radius 3 is 2.22 bits per heavy atom. The molecule has 9 heavy (non-hydrogen) atoms. The van der Waals surface area contributed by atoms with Gasteiger partial charge < -0.3 is 0 Å². The highest BCUT2D eigenvalue weighted by Gasteiger charge is 2.02. The van der Waals surface area contributed by atoms with Gasteiger partial charge in [0.1, 0.15) is 0 Å². The fourth-order valence-corrected chi connectivity index (χ4v) is 1.41. The third kappa shape index (κ3) is 4.94. The summed E-state index contributed by atoms with van der Waals surface area (Å²) in [6.45, 7) is 4.00. The monoisotopic (exact) mass is 238 g/mol. The first-order chi connectivity index (χ1) is 4.39. The minimum atomic E-state index is 0.919. The highest BCUT2D eigenvalue weighted by atomic mass is 127. The number of hydrogen-bond acceptors (Lipinski definition) is 0. The Hall–Kier alpha value is 0.470. The maximum atomic E-state index is 2.51. The summed E-state index contributed by atoms with van der Waals surface area (Å²) in [6.07, 6.45) is 8.53. The zero-order valence-corrected chi connectivity index (χ0v) is 8.39. The first-order valence-electron chi connectivity index (χ1n) is 3.68. The number of rotatable bonds is 0. The minimum absolute atomic E-state index is 0.919. The first kappa shape index (κ1) is 9.47. The molecule has 0 fully saturated rings. The van der Waals surface area contributed by atoms with E-state index in [2.05, 4.69) is 34.7 Å².